The minimum Gasteiger partial charge on any atom is -0.306 e. The van der Waals surface area contributed by atoms with E-state index < -0.39 is 23.4 Å². The number of nitrogens with zero attached hydrogens (tertiary/aromatic N) is 3. The van der Waals surface area contributed by atoms with Crippen LogP contribution in [0.3, 0.4) is 0 Å². The number of hydrogen-bond acceptors (Lipinski definition) is 6. The van der Waals surface area contributed by atoms with Crippen molar-refractivity contribution in [3.63, 3.8) is 0 Å². The fourth-order valence-electron chi connectivity index (χ4n) is 3.75. The number of hydrogen-bond donors (Lipinski definition) is 0. The van der Waals surface area contributed by atoms with Crippen molar-refractivity contribution in [3.8, 4) is 0 Å². The lowest BCUT2D eigenvalue weighted by Gasteiger charge is -2.29. The third-order valence-electron chi connectivity index (χ3n) is 5.58. The molecule has 1 aromatic carbocycles. The first kappa shape index (κ1) is 23.4. The van der Waals surface area contributed by atoms with Crippen LogP contribution in [0.15, 0.2) is 41.7 Å². The summed E-state index contributed by atoms with van der Waals surface area (Å²) in [7, 11) is 1.98. The van der Waals surface area contributed by atoms with Crippen molar-refractivity contribution in [3.05, 3.63) is 53.3 Å². The highest BCUT2D eigenvalue weighted by Crippen LogP contribution is 2.34. The number of carbonyl (C=O) groups excluding carboxylic acids is 2. The molecule has 9 heteroatoms. The van der Waals surface area contributed by atoms with E-state index in [0.29, 0.717) is 18.0 Å². The van der Waals surface area contributed by atoms with Crippen molar-refractivity contribution in [1.82, 2.24) is 14.9 Å². The van der Waals surface area contributed by atoms with E-state index in [1.54, 1.807) is 6.26 Å². The predicted molar refractivity (Wildman–Crippen MR) is 112 cm³/mol. The maximum absolute atomic E-state index is 13.3. The van der Waals surface area contributed by atoms with Gasteiger partial charge in [-0.15, -0.1) is 0 Å². The minimum atomic E-state index is -4.54. The van der Waals surface area contributed by atoms with Gasteiger partial charge in [0.2, 0.25) is 0 Å². The number of likely N-dealkylation sites (tertiary alicyclic amines) is 1. The molecule has 31 heavy (non-hydrogen) atoms. The van der Waals surface area contributed by atoms with Crippen LogP contribution >= 0.6 is 11.8 Å². The van der Waals surface area contributed by atoms with Gasteiger partial charge in [-0.1, -0.05) is 30.0 Å². The van der Waals surface area contributed by atoms with Gasteiger partial charge in [0.1, 0.15) is 11.5 Å². The lowest BCUT2D eigenvalue weighted by molar-refractivity contribution is -0.137. The van der Waals surface area contributed by atoms with Gasteiger partial charge in [-0.25, -0.2) is 9.97 Å². The van der Waals surface area contributed by atoms with E-state index >= 15 is 0 Å². The van der Waals surface area contributed by atoms with E-state index in [2.05, 4.69) is 14.9 Å². The standard InChI is InChI=1S/C22H24F3N3O2S/c1-28-10-7-14(8-11-28)19(29)13-17(15-4-3-5-16(12-15)22(23,24)25)20(30)18-6-9-26-21(27-18)31-2/h3-6,9,12,14,17H,7-8,10-11,13H2,1-2H3. The van der Waals surface area contributed by atoms with Gasteiger partial charge in [-0.2, -0.15) is 13.2 Å². The maximum atomic E-state index is 13.3. The molecule has 1 aromatic heterocycles. The summed E-state index contributed by atoms with van der Waals surface area (Å²) in [6.07, 6.45) is -0.118. The molecule has 0 spiro atoms. The molecule has 0 aliphatic carbocycles. The summed E-state index contributed by atoms with van der Waals surface area (Å²) in [6.45, 7) is 1.56. The Bertz CT molecular complexity index is 944. The molecule has 1 unspecified atom stereocenters. The van der Waals surface area contributed by atoms with Crippen LogP contribution in [0.4, 0.5) is 13.2 Å². The molecule has 2 heterocycles. The van der Waals surface area contributed by atoms with Gasteiger partial charge in [-0.3, -0.25) is 9.59 Å². The van der Waals surface area contributed by atoms with E-state index in [-0.39, 0.29) is 29.4 Å². The summed E-state index contributed by atoms with van der Waals surface area (Å²) in [5.41, 5.74) is -0.578. The van der Waals surface area contributed by atoms with E-state index in [4.69, 9.17) is 0 Å². The summed E-state index contributed by atoms with van der Waals surface area (Å²) in [5, 5.41) is 0.385. The van der Waals surface area contributed by atoms with Crippen LogP contribution in [-0.2, 0) is 11.0 Å². The number of benzene rings is 1. The van der Waals surface area contributed by atoms with Crippen molar-refractivity contribution in [1.29, 1.82) is 0 Å². The molecule has 0 radical (unpaired) electrons. The Kier molecular flexibility index (Phi) is 7.48. The van der Waals surface area contributed by atoms with Gasteiger partial charge in [0.15, 0.2) is 10.9 Å². The van der Waals surface area contributed by atoms with Crippen LogP contribution in [0.5, 0.6) is 0 Å². The summed E-state index contributed by atoms with van der Waals surface area (Å²) in [6, 6.07) is 6.09. The van der Waals surface area contributed by atoms with E-state index in [1.807, 2.05) is 7.05 Å². The Balaban J connectivity index is 1.93. The molecule has 1 saturated heterocycles. The highest BCUT2D eigenvalue weighted by molar-refractivity contribution is 7.98. The number of thioether (sulfide) groups is 1. The zero-order valence-corrected chi connectivity index (χ0v) is 18.2. The van der Waals surface area contributed by atoms with Gasteiger partial charge < -0.3 is 4.90 Å². The highest BCUT2D eigenvalue weighted by Gasteiger charge is 2.34. The Morgan fingerprint density at radius 1 is 1.23 bits per heavy atom. The topological polar surface area (TPSA) is 63.2 Å². The fourth-order valence-corrected chi connectivity index (χ4v) is 4.10. The Morgan fingerprint density at radius 3 is 2.58 bits per heavy atom. The second-order valence-electron chi connectivity index (χ2n) is 7.72. The summed E-state index contributed by atoms with van der Waals surface area (Å²) < 4.78 is 39.8. The third kappa shape index (κ3) is 5.92. The number of aromatic nitrogens is 2. The first-order chi connectivity index (χ1) is 14.7. The lowest BCUT2D eigenvalue weighted by atomic mass is 9.82. The molecule has 5 nitrogen and oxygen atoms in total. The Hall–Kier alpha value is -2.26. The van der Waals surface area contributed by atoms with Gasteiger partial charge >= 0.3 is 6.18 Å². The molecule has 0 amide bonds. The van der Waals surface area contributed by atoms with Crippen molar-refractivity contribution in [2.75, 3.05) is 26.4 Å². The average Bonchev–Trinajstić information content (AvgIpc) is 2.77. The number of alkyl halides is 3. The summed E-state index contributed by atoms with van der Waals surface area (Å²) in [4.78, 5) is 36.7. The second-order valence-corrected chi connectivity index (χ2v) is 8.49. The summed E-state index contributed by atoms with van der Waals surface area (Å²) in [5.74, 6) is -1.79. The number of halogens is 3. The highest BCUT2D eigenvalue weighted by atomic mass is 32.2. The minimum absolute atomic E-state index is 0.0944. The zero-order valence-electron chi connectivity index (χ0n) is 17.4. The van der Waals surface area contributed by atoms with Crippen LogP contribution in [0.2, 0.25) is 0 Å². The van der Waals surface area contributed by atoms with Crippen molar-refractivity contribution < 1.29 is 22.8 Å². The normalized spacial score (nSPS) is 16.8. The summed E-state index contributed by atoms with van der Waals surface area (Å²) >= 11 is 1.26. The van der Waals surface area contributed by atoms with Crippen LogP contribution in [0, 0.1) is 5.92 Å². The van der Waals surface area contributed by atoms with Crippen LogP contribution in [-0.4, -0.2) is 52.8 Å². The average molecular weight is 452 g/mol. The Labute approximate surface area is 183 Å². The zero-order chi connectivity index (χ0) is 22.6. The molecule has 0 N–H and O–H groups in total. The molecule has 0 bridgehead atoms. The number of piperidine rings is 1. The molecular formula is C22H24F3N3O2S. The van der Waals surface area contributed by atoms with Crippen LogP contribution in [0.1, 0.15) is 46.8 Å². The predicted octanol–water partition coefficient (Wildman–Crippen LogP) is 4.48. The van der Waals surface area contributed by atoms with E-state index in [9.17, 15) is 22.8 Å². The monoisotopic (exact) mass is 451 g/mol. The number of Topliss-reactive ketones (excluding diaryl/α,β-unsaturated/α-hetero) is 2. The molecule has 1 fully saturated rings. The van der Waals surface area contributed by atoms with Gasteiger partial charge in [0, 0.05) is 18.5 Å². The molecule has 0 saturated carbocycles. The largest absolute Gasteiger partial charge is 0.416 e. The van der Waals surface area contributed by atoms with Crippen LogP contribution in [0.25, 0.3) is 0 Å². The SMILES string of the molecule is CSc1nccc(C(=O)C(CC(=O)C2CCN(C)CC2)c2cccc(C(F)(F)F)c2)n1. The lowest BCUT2D eigenvalue weighted by Crippen LogP contribution is -2.34. The number of carbonyl (C=O) groups is 2. The number of ketones is 2. The molecule has 2 aromatic rings. The van der Waals surface area contributed by atoms with Crippen molar-refractivity contribution in [2.24, 2.45) is 5.92 Å². The number of rotatable bonds is 7. The molecule has 1 aliphatic heterocycles. The van der Waals surface area contributed by atoms with Gasteiger partial charge in [-0.05, 0) is 56.9 Å². The third-order valence-corrected chi connectivity index (χ3v) is 6.14. The first-order valence-electron chi connectivity index (χ1n) is 9.98. The fraction of sp³-hybridized carbons (Fsp3) is 0.455. The van der Waals surface area contributed by atoms with Gasteiger partial charge in [0.05, 0.1) is 11.5 Å². The van der Waals surface area contributed by atoms with Crippen molar-refractivity contribution >= 4 is 23.3 Å². The van der Waals surface area contributed by atoms with Crippen LogP contribution < -0.4 is 0 Å². The molecule has 1 aliphatic rings. The quantitative estimate of drug-likeness (QED) is 0.351. The Morgan fingerprint density at radius 2 is 1.94 bits per heavy atom. The van der Waals surface area contributed by atoms with Crippen molar-refractivity contribution in [2.45, 2.75) is 36.5 Å². The maximum Gasteiger partial charge on any atom is 0.416 e. The molecule has 166 valence electrons. The second kappa shape index (κ2) is 9.91. The van der Waals surface area contributed by atoms with E-state index in [1.165, 1.54) is 36.2 Å². The molecule has 1 atom stereocenters. The molecular weight excluding hydrogens is 427 g/mol. The first-order valence-corrected chi connectivity index (χ1v) is 11.2. The van der Waals surface area contributed by atoms with E-state index in [0.717, 1.165) is 25.2 Å². The van der Waals surface area contributed by atoms with Gasteiger partial charge in [0.25, 0.3) is 0 Å². The smallest absolute Gasteiger partial charge is 0.306 e. The molecule has 3 rings (SSSR count).